The molecule has 0 radical (unpaired) electrons. The molecule has 0 aliphatic heterocycles. The van der Waals surface area contributed by atoms with Gasteiger partial charge in [0.2, 0.25) is 5.91 Å². The van der Waals surface area contributed by atoms with Crippen LogP contribution < -0.4 is 16.0 Å². The molecule has 0 aliphatic rings. The van der Waals surface area contributed by atoms with Gasteiger partial charge in [-0.2, -0.15) is 0 Å². The first-order valence-electron chi connectivity index (χ1n) is 18.6. The fraction of sp³-hybridized carbons (Fsp3) is 0.512. The number of amides is 4. The number of rotatable bonds is 19. The summed E-state index contributed by atoms with van der Waals surface area (Å²) >= 11 is 1.19. The third-order valence-electron chi connectivity index (χ3n) is 9.72. The molecule has 1 unspecified atom stereocenters. The fourth-order valence-electron chi connectivity index (χ4n) is 6.38. The Morgan fingerprint density at radius 1 is 0.870 bits per heavy atom. The van der Waals surface area contributed by atoms with Crippen LogP contribution in [-0.2, 0) is 30.3 Å². The Morgan fingerprint density at radius 2 is 1.50 bits per heavy atom. The van der Waals surface area contributed by atoms with Crippen molar-refractivity contribution in [1.82, 2.24) is 25.8 Å². The molecular weight excluding hydrogens is 707 g/mol. The number of hydrogen-bond acceptors (Lipinski definition) is 9. The van der Waals surface area contributed by atoms with Crippen molar-refractivity contribution >= 4 is 41.1 Å². The lowest BCUT2D eigenvalue weighted by molar-refractivity contribution is -0.149. The Kier molecular flexibility index (Phi) is 17.1. The number of methoxy groups -OCH3 is 1. The smallest absolute Gasteiger partial charge is 0.315 e. The molecule has 3 rings (SSSR count). The Labute approximate surface area is 323 Å². The van der Waals surface area contributed by atoms with Gasteiger partial charge in [0.1, 0.15) is 16.7 Å². The van der Waals surface area contributed by atoms with Crippen molar-refractivity contribution in [2.75, 3.05) is 14.2 Å². The molecule has 3 aromatic rings. The number of carbonyl (C=O) groups excluding carboxylic acids is 5. The predicted octanol–water partition coefficient (Wildman–Crippen LogP) is 6.64. The molecular formula is C41H57N5O7S. The van der Waals surface area contributed by atoms with Gasteiger partial charge >= 0.3 is 18.0 Å². The average molecular weight is 764 g/mol. The summed E-state index contributed by atoms with van der Waals surface area (Å²) in [6.07, 6.45) is 0.875. The van der Waals surface area contributed by atoms with Crippen LogP contribution in [0.25, 0.3) is 0 Å². The number of thiazole rings is 1. The van der Waals surface area contributed by atoms with E-state index < -0.39 is 42.0 Å². The van der Waals surface area contributed by atoms with E-state index in [0.29, 0.717) is 24.3 Å². The fourth-order valence-corrected chi connectivity index (χ4v) is 7.22. The van der Waals surface area contributed by atoms with Crippen LogP contribution in [0, 0.1) is 17.8 Å². The molecule has 0 spiro atoms. The third kappa shape index (κ3) is 13.0. The molecule has 0 bridgehead atoms. The SMILES string of the molecule is CC[C@H](C)[C@H](NC(=O)N[C@@H](C)c1ccccc1)C(=O)N(C)C(C[C@@H](OC(C)=O)c1nc(C(=O)N[C@@H](Cc2ccccc2)C[C@H](C)C(=O)OC)cs1)C(C)C. The van der Waals surface area contributed by atoms with E-state index in [2.05, 4.69) is 20.9 Å². The standard InChI is InChI=1S/C41H57N5O7S/c1-10-26(4)36(45-41(51)42-28(6)31-19-15-12-16-20-31)39(49)46(8)34(25(2)3)23-35(53-29(7)47)38-44-33(24-54-38)37(48)43-32(21-27(5)40(50)52-9)22-30-17-13-11-14-18-30/h11-20,24-28,32,34-36H,10,21-23H2,1-9H3,(H,43,48)(H2,42,45,51)/t26-,27-,28-,32+,34?,35+,36-/m0/s1. The summed E-state index contributed by atoms with van der Waals surface area (Å²) < 4.78 is 10.7. The highest BCUT2D eigenvalue weighted by Crippen LogP contribution is 2.31. The number of nitrogens with zero attached hydrogens (tertiary/aromatic N) is 2. The zero-order valence-electron chi connectivity index (χ0n) is 33.0. The molecule has 294 valence electrons. The molecule has 3 N–H and O–H groups in total. The van der Waals surface area contributed by atoms with Crippen molar-refractivity contribution in [3.05, 3.63) is 87.9 Å². The van der Waals surface area contributed by atoms with E-state index in [4.69, 9.17) is 9.47 Å². The summed E-state index contributed by atoms with van der Waals surface area (Å²) in [5.74, 6) is -2.27. The van der Waals surface area contributed by atoms with Gasteiger partial charge in [0, 0.05) is 37.9 Å². The van der Waals surface area contributed by atoms with E-state index in [1.54, 1.807) is 24.3 Å². The maximum atomic E-state index is 14.2. The lowest BCUT2D eigenvalue weighted by Crippen LogP contribution is -2.56. The molecule has 7 atom stereocenters. The van der Waals surface area contributed by atoms with Crippen LogP contribution in [0.15, 0.2) is 66.0 Å². The highest BCUT2D eigenvalue weighted by Gasteiger charge is 2.36. The lowest BCUT2D eigenvalue weighted by atomic mass is 9.93. The van der Waals surface area contributed by atoms with Crippen LogP contribution in [0.2, 0.25) is 0 Å². The minimum Gasteiger partial charge on any atom is -0.469 e. The molecule has 13 heteroatoms. The Balaban J connectivity index is 1.80. The second-order valence-electron chi connectivity index (χ2n) is 14.3. The van der Waals surface area contributed by atoms with Gasteiger partial charge in [-0.3, -0.25) is 19.2 Å². The highest BCUT2D eigenvalue weighted by molar-refractivity contribution is 7.09. The summed E-state index contributed by atoms with van der Waals surface area (Å²) in [5.41, 5.74) is 2.09. The highest BCUT2D eigenvalue weighted by atomic mass is 32.1. The lowest BCUT2D eigenvalue weighted by Gasteiger charge is -2.37. The average Bonchev–Trinajstić information content (AvgIpc) is 3.65. The van der Waals surface area contributed by atoms with Gasteiger partial charge in [-0.25, -0.2) is 9.78 Å². The molecule has 0 fully saturated rings. The van der Waals surface area contributed by atoms with Crippen LogP contribution in [-0.4, -0.2) is 72.0 Å². The van der Waals surface area contributed by atoms with E-state index in [1.807, 2.05) is 95.3 Å². The zero-order chi connectivity index (χ0) is 39.9. The first kappa shape index (κ1) is 43.6. The number of likely N-dealkylation sites (N-methyl/N-ethyl adjacent to an activating group) is 1. The molecule has 54 heavy (non-hydrogen) atoms. The first-order valence-corrected chi connectivity index (χ1v) is 19.5. The van der Waals surface area contributed by atoms with Crippen molar-refractivity contribution in [1.29, 1.82) is 0 Å². The van der Waals surface area contributed by atoms with Crippen LogP contribution in [0.1, 0.15) is 106 Å². The number of nitrogens with one attached hydrogen (secondary N) is 3. The summed E-state index contributed by atoms with van der Waals surface area (Å²) in [7, 11) is 3.04. The van der Waals surface area contributed by atoms with Gasteiger partial charge in [-0.15, -0.1) is 11.3 Å². The van der Waals surface area contributed by atoms with Crippen molar-refractivity contribution in [3.63, 3.8) is 0 Å². The normalized spacial score (nSPS) is 15.1. The maximum absolute atomic E-state index is 14.2. The zero-order valence-corrected chi connectivity index (χ0v) is 33.8. The van der Waals surface area contributed by atoms with Gasteiger partial charge in [0.15, 0.2) is 6.10 Å². The Morgan fingerprint density at radius 3 is 2.07 bits per heavy atom. The van der Waals surface area contributed by atoms with E-state index in [9.17, 15) is 24.0 Å². The number of benzene rings is 2. The molecule has 12 nitrogen and oxygen atoms in total. The monoisotopic (exact) mass is 763 g/mol. The minimum atomic E-state index is -0.846. The van der Waals surface area contributed by atoms with Crippen LogP contribution >= 0.6 is 11.3 Å². The van der Waals surface area contributed by atoms with Crippen LogP contribution in [0.5, 0.6) is 0 Å². The van der Waals surface area contributed by atoms with Crippen LogP contribution in [0.3, 0.4) is 0 Å². The topological polar surface area (TPSA) is 156 Å². The van der Waals surface area contributed by atoms with Gasteiger partial charge in [-0.1, -0.05) is 102 Å². The first-order chi connectivity index (χ1) is 25.6. The Hall–Kier alpha value is -4.78. The van der Waals surface area contributed by atoms with E-state index in [0.717, 1.165) is 11.1 Å². The molecule has 0 saturated heterocycles. The number of carbonyl (C=O) groups is 5. The third-order valence-corrected chi connectivity index (χ3v) is 10.7. The molecule has 1 aromatic heterocycles. The number of urea groups is 1. The van der Waals surface area contributed by atoms with Crippen molar-refractivity contribution in [2.45, 2.75) is 104 Å². The molecule has 2 aromatic carbocycles. The summed E-state index contributed by atoms with van der Waals surface area (Å²) in [4.78, 5) is 71.8. The summed E-state index contributed by atoms with van der Waals surface area (Å²) in [6, 6.07) is 16.9. The second kappa shape index (κ2) is 21.2. The van der Waals surface area contributed by atoms with Crippen molar-refractivity contribution < 1.29 is 33.4 Å². The van der Waals surface area contributed by atoms with Gasteiger partial charge in [0.05, 0.1) is 19.1 Å². The summed E-state index contributed by atoms with van der Waals surface area (Å²) in [5, 5.41) is 10.9. The molecule has 0 saturated carbocycles. The number of aromatic nitrogens is 1. The molecule has 0 aliphatic carbocycles. The van der Waals surface area contributed by atoms with Crippen molar-refractivity contribution in [3.8, 4) is 0 Å². The predicted molar refractivity (Wildman–Crippen MR) is 210 cm³/mol. The van der Waals surface area contributed by atoms with E-state index in [-0.39, 0.29) is 47.9 Å². The molecule has 1 heterocycles. The molecule has 4 amide bonds. The number of ether oxygens (including phenoxy) is 2. The van der Waals surface area contributed by atoms with E-state index >= 15 is 0 Å². The quantitative estimate of drug-likeness (QED) is 0.115. The largest absolute Gasteiger partial charge is 0.469 e. The van der Waals surface area contributed by atoms with Crippen molar-refractivity contribution in [2.24, 2.45) is 17.8 Å². The second-order valence-corrected chi connectivity index (χ2v) is 15.2. The number of hydrogen-bond donors (Lipinski definition) is 3. The van der Waals surface area contributed by atoms with Gasteiger partial charge < -0.3 is 30.3 Å². The van der Waals surface area contributed by atoms with Gasteiger partial charge in [-0.05, 0) is 42.7 Å². The van der Waals surface area contributed by atoms with Gasteiger partial charge in [0.25, 0.3) is 5.91 Å². The maximum Gasteiger partial charge on any atom is 0.315 e. The van der Waals surface area contributed by atoms with E-state index in [1.165, 1.54) is 25.4 Å². The Bertz CT molecular complexity index is 1670. The minimum absolute atomic E-state index is 0.0696. The van der Waals surface area contributed by atoms with Crippen LogP contribution in [0.4, 0.5) is 4.79 Å². The number of esters is 2. The summed E-state index contributed by atoms with van der Waals surface area (Å²) in [6.45, 7) is 12.8.